The molecule has 0 N–H and O–H groups in total. The van der Waals surface area contributed by atoms with Crippen molar-refractivity contribution in [3.63, 3.8) is 0 Å². The standard InChI is InChI=1S/C24H24FN5O/c1-27(2)21-9-5-17(6-10-21)19-12-28(13-19)14-23-15-29-22(16-30(23)31)11-26-24(29)18-3-7-20(25)8-4-18/h3-11,15-16,19H,12-14H2,1-2H3. The number of imidazole rings is 1. The van der Waals surface area contributed by atoms with E-state index in [1.54, 1.807) is 24.5 Å². The lowest BCUT2D eigenvalue weighted by molar-refractivity contribution is -0.614. The Labute approximate surface area is 180 Å². The van der Waals surface area contributed by atoms with Gasteiger partial charge < -0.3 is 10.1 Å². The van der Waals surface area contributed by atoms with Crippen molar-refractivity contribution >= 4 is 11.2 Å². The average molecular weight is 417 g/mol. The van der Waals surface area contributed by atoms with Crippen molar-refractivity contribution in [3.8, 4) is 11.4 Å². The number of hydrogen-bond donors (Lipinski definition) is 0. The van der Waals surface area contributed by atoms with Crippen LogP contribution in [0.4, 0.5) is 10.1 Å². The van der Waals surface area contributed by atoms with Gasteiger partial charge in [0.2, 0.25) is 11.9 Å². The monoisotopic (exact) mass is 417 g/mol. The van der Waals surface area contributed by atoms with E-state index in [1.807, 2.05) is 24.7 Å². The van der Waals surface area contributed by atoms with Gasteiger partial charge in [-0.05, 0) is 42.0 Å². The van der Waals surface area contributed by atoms with E-state index in [-0.39, 0.29) is 5.82 Å². The molecule has 0 saturated carbocycles. The minimum atomic E-state index is -0.286. The molecule has 3 heterocycles. The van der Waals surface area contributed by atoms with Crippen LogP contribution >= 0.6 is 0 Å². The number of anilines is 1. The quantitative estimate of drug-likeness (QED) is 0.369. The van der Waals surface area contributed by atoms with Gasteiger partial charge in [-0.3, -0.25) is 9.30 Å². The van der Waals surface area contributed by atoms with Gasteiger partial charge in [0.25, 0.3) is 0 Å². The molecule has 2 aromatic carbocycles. The van der Waals surface area contributed by atoms with Crippen molar-refractivity contribution in [1.29, 1.82) is 0 Å². The molecule has 7 heteroatoms. The second kappa shape index (κ2) is 7.67. The van der Waals surface area contributed by atoms with Crippen LogP contribution in [0.25, 0.3) is 16.9 Å². The van der Waals surface area contributed by atoms with Gasteiger partial charge in [0.05, 0.1) is 18.9 Å². The zero-order valence-electron chi connectivity index (χ0n) is 17.6. The Morgan fingerprint density at radius 1 is 1.10 bits per heavy atom. The van der Waals surface area contributed by atoms with E-state index in [0.29, 0.717) is 29.5 Å². The highest BCUT2D eigenvalue weighted by Crippen LogP contribution is 2.29. The summed E-state index contributed by atoms with van der Waals surface area (Å²) in [6.07, 6.45) is 5.05. The molecule has 0 atom stereocenters. The largest absolute Gasteiger partial charge is 0.618 e. The van der Waals surface area contributed by atoms with Crippen molar-refractivity contribution in [2.24, 2.45) is 0 Å². The maximum absolute atomic E-state index is 13.3. The molecule has 1 aliphatic rings. The lowest BCUT2D eigenvalue weighted by atomic mass is 9.91. The van der Waals surface area contributed by atoms with E-state index in [0.717, 1.165) is 23.4 Å². The van der Waals surface area contributed by atoms with Crippen molar-refractivity contribution < 1.29 is 9.12 Å². The smallest absolute Gasteiger partial charge is 0.223 e. The fourth-order valence-electron chi connectivity index (χ4n) is 4.12. The summed E-state index contributed by atoms with van der Waals surface area (Å²) in [6, 6.07) is 14.9. The zero-order valence-corrected chi connectivity index (χ0v) is 17.6. The lowest BCUT2D eigenvalue weighted by Gasteiger charge is -2.39. The van der Waals surface area contributed by atoms with Gasteiger partial charge in [-0.15, -0.1) is 0 Å². The molecule has 0 spiro atoms. The number of rotatable bonds is 5. The molecule has 1 aliphatic heterocycles. The zero-order chi connectivity index (χ0) is 21.5. The number of benzene rings is 2. The first kappa shape index (κ1) is 19.5. The third-order valence-electron chi connectivity index (χ3n) is 5.96. The minimum Gasteiger partial charge on any atom is -0.618 e. The predicted molar refractivity (Wildman–Crippen MR) is 118 cm³/mol. The summed E-state index contributed by atoms with van der Waals surface area (Å²) >= 11 is 0. The van der Waals surface area contributed by atoms with Gasteiger partial charge in [-0.2, -0.15) is 4.73 Å². The van der Waals surface area contributed by atoms with Crippen LogP contribution in [-0.2, 0) is 6.54 Å². The average Bonchev–Trinajstić information content (AvgIpc) is 3.13. The molecule has 1 fully saturated rings. The molecule has 2 aromatic heterocycles. The summed E-state index contributed by atoms with van der Waals surface area (Å²) < 4.78 is 16.1. The molecule has 31 heavy (non-hydrogen) atoms. The van der Waals surface area contributed by atoms with Gasteiger partial charge in [-0.25, -0.2) is 9.37 Å². The highest BCUT2D eigenvalue weighted by Gasteiger charge is 2.30. The Morgan fingerprint density at radius 2 is 1.81 bits per heavy atom. The van der Waals surface area contributed by atoms with Crippen LogP contribution in [0.1, 0.15) is 17.2 Å². The molecule has 6 nitrogen and oxygen atoms in total. The third kappa shape index (κ3) is 3.72. The van der Waals surface area contributed by atoms with Crippen LogP contribution in [0.2, 0.25) is 0 Å². The van der Waals surface area contributed by atoms with E-state index in [1.165, 1.54) is 23.4 Å². The molecule has 0 bridgehead atoms. The molecule has 0 amide bonds. The maximum atomic E-state index is 13.3. The molecular weight excluding hydrogens is 393 g/mol. The van der Waals surface area contributed by atoms with E-state index in [9.17, 15) is 9.60 Å². The Kier molecular flexibility index (Phi) is 4.82. The summed E-state index contributed by atoms with van der Waals surface area (Å²) in [5.41, 5.74) is 4.70. The Morgan fingerprint density at radius 3 is 2.48 bits per heavy atom. The maximum Gasteiger partial charge on any atom is 0.223 e. The number of nitrogens with zero attached hydrogens (tertiary/aromatic N) is 5. The molecule has 0 aliphatic carbocycles. The number of aromatic nitrogens is 3. The van der Waals surface area contributed by atoms with E-state index in [4.69, 9.17) is 0 Å². The Hall–Kier alpha value is -3.45. The topological polar surface area (TPSA) is 50.7 Å². The third-order valence-corrected chi connectivity index (χ3v) is 5.96. The van der Waals surface area contributed by atoms with Crippen LogP contribution in [0.3, 0.4) is 0 Å². The van der Waals surface area contributed by atoms with E-state index < -0.39 is 0 Å². The lowest BCUT2D eigenvalue weighted by Crippen LogP contribution is -2.47. The highest BCUT2D eigenvalue weighted by atomic mass is 19.1. The van der Waals surface area contributed by atoms with Gasteiger partial charge in [-0.1, -0.05) is 12.1 Å². The molecule has 0 radical (unpaired) electrons. The number of likely N-dealkylation sites (tertiary alicyclic amines) is 1. The van der Waals surface area contributed by atoms with Crippen molar-refractivity contribution in [2.75, 3.05) is 32.1 Å². The molecule has 1 saturated heterocycles. The van der Waals surface area contributed by atoms with Crippen LogP contribution in [0.5, 0.6) is 0 Å². The fourth-order valence-corrected chi connectivity index (χ4v) is 4.12. The van der Waals surface area contributed by atoms with Crippen molar-refractivity contribution in [2.45, 2.75) is 12.5 Å². The predicted octanol–water partition coefficient (Wildman–Crippen LogP) is 3.44. The fraction of sp³-hybridized carbons (Fsp3) is 0.250. The van der Waals surface area contributed by atoms with Crippen LogP contribution in [0.15, 0.2) is 67.1 Å². The van der Waals surface area contributed by atoms with Crippen molar-refractivity contribution in [1.82, 2.24) is 14.3 Å². The van der Waals surface area contributed by atoms with E-state index in [2.05, 4.69) is 39.0 Å². The molecule has 4 aromatic rings. The van der Waals surface area contributed by atoms with Crippen LogP contribution < -0.4 is 9.63 Å². The second-order valence-corrected chi connectivity index (χ2v) is 8.34. The molecule has 5 rings (SSSR count). The molecular formula is C24H24FN5O. The Bertz CT molecular complexity index is 1210. The van der Waals surface area contributed by atoms with Gasteiger partial charge >= 0.3 is 0 Å². The molecule has 158 valence electrons. The normalized spacial score (nSPS) is 14.7. The molecule has 0 unspecified atom stereocenters. The van der Waals surface area contributed by atoms with Crippen LogP contribution in [0, 0.1) is 11.0 Å². The summed E-state index contributed by atoms with van der Waals surface area (Å²) in [5.74, 6) is 0.897. The summed E-state index contributed by atoms with van der Waals surface area (Å²) in [5, 5.41) is 12.5. The summed E-state index contributed by atoms with van der Waals surface area (Å²) in [7, 11) is 4.08. The number of halogens is 1. The van der Waals surface area contributed by atoms with E-state index >= 15 is 0 Å². The van der Waals surface area contributed by atoms with Gasteiger partial charge in [0, 0.05) is 44.4 Å². The summed E-state index contributed by atoms with van der Waals surface area (Å²) in [6.45, 7) is 2.43. The Balaban J connectivity index is 1.32. The first-order valence-corrected chi connectivity index (χ1v) is 10.3. The highest BCUT2D eigenvalue weighted by molar-refractivity contribution is 5.61. The SMILES string of the molecule is CN(C)c1ccc(C2CN(Cc3cn4c(-c5ccc(F)cc5)ncc4c[n+]3[O-])C2)cc1. The first-order valence-electron chi connectivity index (χ1n) is 10.3. The number of fused-ring (bicyclic) bond motifs is 1. The van der Waals surface area contributed by atoms with Crippen LogP contribution in [-0.4, -0.2) is 41.5 Å². The van der Waals surface area contributed by atoms with Crippen molar-refractivity contribution in [3.05, 3.63) is 89.4 Å². The van der Waals surface area contributed by atoms with Gasteiger partial charge in [0.1, 0.15) is 17.2 Å². The van der Waals surface area contributed by atoms with Gasteiger partial charge in [0.15, 0.2) is 0 Å². The minimum absolute atomic E-state index is 0.286. The second-order valence-electron chi connectivity index (χ2n) is 8.34. The first-order chi connectivity index (χ1) is 15.0. The number of hydrogen-bond acceptors (Lipinski definition) is 4. The summed E-state index contributed by atoms with van der Waals surface area (Å²) in [4.78, 5) is 8.80.